The average Bonchev–Trinajstić information content (AvgIpc) is 2.77. The van der Waals surface area contributed by atoms with Gasteiger partial charge in [-0.2, -0.15) is 0 Å². The third-order valence-corrected chi connectivity index (χ3v) is 10.1. The number of carbonyl (C=O) groups is 1. The maximum atomic E-state index is 11.6. The van der Waals surface area contributed by atoms with Crippen LogP contribution in [-0.4, -0.2) is 28.7 Å². The second-order valence-electron chi connectivity index (χ2n) is 12.5. The van der Waals surface area contributed by atoms with Crippen LogP contribution in [0.2, 0.25) is 0 Å². The molecule has 34 heavy (non-hydrogen) atoms. The first-order chi connectivity index (χ1) is 15.8. The molecule has 3 heteroatoms. The van der Waals surface area contributed by atoms with Crippen molar-refractivity contribution < 1.29 is 15.0 Å². The first kappa shape index (κ1) is 29.0. The van der Waals surface area contributed by atoms with Crippen molar-refractivity contribution in [3.8, 4) is 0 Å². The van der Waals surface area contributed by atoms with Gasteiger partial charge in [-0.1, -0.05) is 56.6 Å². The molecule has 2 aliphatic rings. The van der Waals surface area contributed by atoms with Crippen LogP contribution < -0.4 is 0 Å². The Morgan fingerprint density at radius 3 is 2.44 bits per heavy atom. The molecule has 194 valence electrons. The van der Waals surface area contributed by atoms with Crippen molar-refractivity contribution in [3.05, 3.63) is 34.4 Å². The Kier molecular flexibility index (Phi) is 9.99. The van der Waals surface area contributed by atoms with Crippen LogP contribution in [0, 0.1) is 28.6 Å². The van der Waals surface area contributed by atoms with Gasteiger partial charge in [0.25, 0.3) is 0 Å². The van der Waals surface area contributed by atoms with E-state index in [0.717, 1.165) is 44.0 Å². The number of aldehydes is 1. The second kappa shape index (κ2) is 11.7. The van der Waals surface area contributed by atoms with Crippen LogP contribution in [0.25, 0.3) is 0 Å². The Bertz CT molecular complexity index is 797. The van der Waals surface area contributed by atoms with E-state index in [9.17, 15) is 15.0 Å². The summed E-state index contributed by atoms with van der Waals surface area (Å²) in [6.07, 6.45) is 14.1. The van der Waals surface area contributed by atoms with Crippen LogP contribution in [0.4, 0.5) is 0 Å². The second-order valence-corrected chi connectivity index (χ2v) is 12.5. The lowest BCUT2D eigenvalue weighted by Gasteiger charge is -2.53. The van der Waals surface area contributed by atoms with Crippen molar-refractivity contribution in [3.63, 3.8) is 0 Å². The summed E-state index contributed by atoms with van der Waals surface area (Å²) in [5.41, 5.74) is 4.22. The maximum absolute atomic E-state index is 11.6. The van der Waals surface area contributed by atoms with E-state index < -0.39 is 5.60 Å². The topological polar surface area (TPSA) is 57.5 Å². The van der Waals surface area contributed by atoms with Gasteiger partial charge in [-0.05, 0) is 114 Å². The number of allylic oxidation sites excluding steroid dienone is 6. The van der Waals surface area contributed by atoms with E-state index in [4.69, 9.17) is 0 Å². The average molecular weight is 473 g/mol. The van der Waals surface area contributed by atoms with Gasteiger partial charge < -0.3 is 10.2 Å². The van der Waals surface area contributed by atoms with Crippen molar-refractivity contribution in [1.29, 1.82) is 0 Å². The molecule has 0 aromatic carbocycles. The predicted molar refractivity (Wildman–Crippen MR) is 144 cm³/mol. The molecule has 0 aliphatic heterocycles. The normalized spacial score (nSPS) is 35.6. The Hall–Kier alpha value is -1.19. The zero-order valence-electron chi connectivity index (χ0n) is 23.3. The van der Waals surface area contributed by atoms with Crippen molar-refractivity contribution in [2.24, 2.45) is 28.6 Å². The minimum atomic E-state index is -0.786. The quantitative estimate of drug-likeness (QED) is 0.196. The smallest absolute Gasteiger partial charge is 0.145 e. The first-order valence-corrected chi connectivity index (χ1v) is 13.6. The van der Waals surface area contributed by atoms with Crippen LogP contribution in [0.5, 0.6) is 0 Å². The Morgan fingerprint density at radius 2 is 1.82 bits per heavy atom. The molecule has 0 heterocycles. The number of hydrogen-bond acceptors (Lipinski definition) is 3. The minimum absolute atomic E-state index is 0.125. The van der Waals surface area contributed by atoms with Crippen LogP contribution >= 0.6 is 0 Å². The van der Waals surface area contributed by atoms with Crippen molar-refractivity contribution >= 4 is 6.29 Å². The zero-order chi connectivity index (χ0) is 25.7. The molecule has 0 aromatic heterocycles. The molecule has 0 aromatic rings. The van der Waals surface area contributed by atoms with E-state index in [-0.39, 0.29) is 17.9 Å². The Morgan fingerprint density at radius 1 is 1.15 bits per heavy atom. The molecule has 2 rings (SSSR count). The van der Waals surface area contributed by atoms with Crippen molar-refractivity contribution in [2.75, 3.05) is 6.61 Å². The van der Waals surface area contributed by atoms with E-state index in [0.29, 0.717) is 30.1 Å². The zero-order valence-corrected chi connectivity index (χ0v) is 23.3. The standard InChI is InChI=1S/C31H52O3/c1-22(13-16-27-23(2)14-15-25(4)29(27,5)6)11-9-18-30(7)28(12-10-20-32)26(24(3)21-33)17-19-31(30,8)34/h11,14,21,25,27-28,32,34H,9-10,12-13,15-20H2,1-8H3/t25-,27+,28+,30-,31-/m0/s1. The number of aliphatic hydroxyl groups excluding tert-OH is 1. The van der Waals surface area contributed by atoms with Gasteiger partial charge in [-0.25, -0.2) is 0 Å². The van der Waals surface area contributed by atoms with Crippen LogP contribution in [-0.2, 0) is 4.79 Å². The molecule has 0 saturated heterocycles. The lowest BCUT2D eigenvalue weighted by molar-refractivity contribution is -0.115. The lowest BCUT2D eigenvalue weighted by Crippen LogP contribution is -2.52. The summed E-state index contributed by atoms with van der Waals surface area (Å²) >= 11 is 0. The monoisotopic (exact) mass is 472 g/mol. The van der Waals surface area contributed by atoms with Gasteiger partial charge in [-0.15, -0.1) is 0 Å². The van der Waals surface area contributed by atoms with Gasteiger partial charge in [0, 0.05) is 12.0 Å². The molecule has 2 aliphatic carbocycles. The maximum Gasteiger partial charge on any atom is 0.145 e. The summed E-state index contributed by atoms with van der Waals surface area (Å²) < 4.78 is 0. The molecule has 1 saturated carbocycles. The Labute approximate surface area is 209 Å². The number of hydrogen-bond donors (Lipinski definition) is 2. The van der Waals surface area contributed by atoms with Crippen LogP contribution in [0.15, 0.2) is 34.4 Å². The third kappa shape index (κ3) is 6.13. The molecule has 2 N–H and O–H groups in total. The fraction of sp³-hybridized carbons (Fsp3) is 0.774. The highest BCUT2D eigenvalue weighted by molar-refractivity contribution is 5.74. The fourth-order valence-electron chi connectivity index (χ4n) is 6.81. The molecule has 0 spiro atoms. The largest absolute Gasteiger partial charge is 0.396 e. The fourth-order valence-corrected chi connectivity index (χ4v) is 6.81. The highest BCUT2D eigenvalue weighted by Crippen LogP contribution is 2.55. The molecular formula is C31H52O3. The first-order valence-electron chi connectivity index (χ1n) is 13.6. The summed E-state index contributed by atoms with van der Waals surface area (Å²) in [4.78, 5) is 11.6. The number of carbonyl (C=O) groups excluding carboxylic acids is 1. The van der Waals surface area contributed by atoms with Gasteiger partial charge in [0.1, 0.15) is 6.29 Å². The highest BCUT2D eigenvalue weighted by atomic mass is 16.3. The van der Waals surface area contributed by atoms with Gasteiger partial charge in [0.05, 0.1) is 5.60 Å². The summed E-state index contributed by atoms with van der Waals surface area (Å²) in [7, 11) is 0. The van der Waals surface area contributed by atoms with Gasteiger partial charge in [0.15, 0.2) is 0 Å². The molecule has 0 unspecified atom stereocenters. The summed E-state index contributed by atoms with van der Waals surface area (Å²) in [6, 6.07) is 0. The minimum Gasteiger partial charge on any atom is -0.396 e. The van der Waals surface area contributed by atoms with E-state index in [1.807, 2.05) is 13.8 Å². The number of aliphatic hydroxyl groups is 2. The molecule has 0 bridgehead atoms. The summed E-state index contributed by atoms with van der Waals surface area (Å²) in [5.74, 6) is 1.48. The summed E-state index contributed by atoms with van der Waals surface area (Å²) in [6.45, 7) is 18.0. The van der Waals surface area contributed by atoms with Gasteiger partial charge in [0.2, 0.25) is 0 Å². The number of rotatable bonds is 10. The van der Waals surface area contributed by atoms with Crippen LogP contribution in [0.1, 0.15) is 113 Å². The van der Waals surface area contributed by atoms with E-state index in [1.165, 1.54) is 24.0 Å². The van der Waals surface area contributed by atoms with Crippen molar-refractivity contribution in [2.45, 2.75) is 119 Å². The Balaban J connectivity index is 2.14. The third-order valence-electron chi connectivity index (χ3n) is 10.1. The molecule has 3 nitrogen and oxygen atoms in total. The molecule has 0 amide bonds. The van der Waals surface area contributed by atoms with Crippen molar-refractivity contribution in [1.82, 2.24) is 0 Å². The molecule has 1 fully saturated rings. The molecule has 0 radical (unpaired) electrons. The highest BCUT2D eigenvalue weighted by Gasteiger charge is 2.52. The summed E-state index contributed by atoms with van der Waals surface area (Å²) in [5, 5.41) is 21.0. The molecular weight excluding hydrogens is 420 g/mol. The van der Waals surface area contributed by atoms with E-state index >= 15 is 0 Å². The van der Waals surface area contributed by atoms with Crippen LogP contribution in [0.3, 0.4) is 0 Å². The lowest BCUT2D eigenvalue weighted by atomic mass is 9.54. The SMILES string of the molecule is CC(=CCC[C@@]1(C)[C@H](CCCO)C(=C(C)C=O)CC[C@]1(C)O)CC[C@@H]1C(C)=CC[C@H](C)C1(C)C. The molecule has 5 atom stereocenters. The van der Waals surface area contributed by atoms with E-state index in [1.54, 1.807) is 5.57 Å². The van der Waals surface area contributed by atoms with E-state index in [2.05, 4.69) is 53.7 Å². The van der Waals surface area contributed by atoms with Gasteiger partial charge >= 0.3 is 0 Å². The van der Waals surface area contributed by atoms with Gasteiger partial charge in [-0.3, -0.25) is 4.79 Å². The predicted octanol–water partition coefficient (Wildman–Crippen LogP) is 7.58.